The van der Waals surface area contributed by atoms with E-state index in [9.17, 15) is 14.0 Å². The van der Waals surface area contributed by atoms with Crippen LogP contribution in [0.4, 0.5) is 9.18 Å². The number of carbonyl (C=O) groups is 2. The van der Waals surface area contributed by atoms with Crippen LogP contribution in [-0.2, 0) is 17.6 Å². The minimum atomic E-state index is -1.04. The van der Waals surface area contributed by atoms with Gasteiger partial charge in [-0.3, -0.25) is 4.79 Å². The number of thiophene rings is 1. The Hall–Kier alpha value is -1.63. The number of hydrogen-bond acceptors (Lipinski definition) is 4. The molecule has 3 rings (SSSR count). The number of alkyl carbamates (subject to hydrolysis) is 1. The van der Waals surface area contributed by atoms with Crippen molar-refractivity contribution in [2.45, 2.75) is 44.3 Å². The first kappa shape index (κ1) is 16.2. The van der Waals surface area contributed by atoms with Crippen molar-refractivity contribution in [3.05, 3.63) is 21.4 Å². The molecule has 1 aromatic rings. The fraction of sp³-hybridized carbons (Fsp3) is 0.625. The molecular formula is C16H21FN2O3S. The molecule has 0 radical (unpaired) electrons. The van der Waals surface area contributed by atoms with Crippen molar-refractivity contribution in [3.63, 3.8) is 0 Å². The first-order valence-corrected chi connectivity index (χ1v) is 8.84. The summed E-state index contributed by atoms with van der Waals surface area (Å²) in [5, 5.41) is 4.63. The summed E-state index contributed by atoms with van der Waals surface area (Å²) in [6, 6.07) is -0.321. The van der Waals surface area contributed by atoms with Crippen LogP contribution in [0.3, 0.4) is 0 Å². The van der Waals surface area contributed by atoms with Gasteiger partial charge in [-0.2, -0.15) is 0 Å². The van der Waals surface area contributed by atoms with Crippen LogP contribution in [0.15, 0.2) is 5.38 Å². The van der Waals surface area contributed by atoms with Crippen LogP contribution in [0, 0.1) is 0 Å². The summed E-state index contributed by atoms with van der Waals surface area (Å²) >= 11 is 1.47. The molecule has 0 aromatic carbocycles. The summed E-state index contributed by atoms with van der Waals surface area (Å²) in [7, 11) is 1.28. The maximum atomic E-state index is 13.8. The summed E-state index contributed by atoms with van der Waals surface area (Å²) in [4.78, 5) is 26.4. The number of ether oxygens (including phenoxy) is 1. The summed E-state index contributed by atoms with van der Waals surface area (Å²) in [5.41, 5.74) is 2.41. The molecule has 7 heteroatoms. The van der Waals surface area contributed by atoms with Crippen molar-refractivity contribution < 1.29 is 18.7 Å². The predicted molar refractivity (Wildman–Crippen MR) is 85.7 cm³/mol. The molecule has 5 nitrogen and oxygen atoms in total. The second-order valence-corrected chi connectivity index (χ2v) is 6.97. The van der Waals surface area contributed by atoms with E-state index >= 15 is 0 Å². The smallest absolute Gasteiger partial charge is 0.406 e. The molecule has 2 heterocycles. The number of hydrogen-bond donors (Lipinski definition) is 1. The van der Waals surface area contributed by atoms with Crippen molar-refractivity contribution in [3.8, 4) is 0 Å². The molecule has 1 aliphatic carbocycles. The van der Waals surface area contributed by atoms with Gasteiger partial charge in [0.1, 0.15) is 6.17 Å². The zero-order chi connectivity index (χ0) is 16.4. The summed E-state index contributed by atoms with van der Waals surface area (Å²) < 4.78 is 18.4. The summed E-state index contributed by atoms with van der Waals surface area (Å²) in [6.45, 7) is 0.311. The van der Waals surface area contributed by atoms with E-state index in [-0.39, 0.29) is 31.5 Å². The molecule has 1 fully saturated rings. The molecule has 1 N–H and O–H groups in total. The number of amides is 2. The quantitative estimate of drug-likeness (QED) is 0.920. The minimum absolute atomic E-state index is 0.0963. The molecule has 126 valence electrons. The third kappa shape index (κ3) is 3.34. The number of fused-ring (bicyclic) bond motifs is 1. The van der Waals surface area contributed by atoms with Gasteiger partial charge in [0.05, 0.1) is 24.6 Å². The molecule has 1 saturated heterocycles. The highest BCUT2D eigenvalue weighted by Crippen LogP contribution is 2.32. The maximum Gasteiger partial charge on any atom is 0.406 e. The first-order valence-electron chi connectivity index (χ1n) is 7.96. The van der Waals surface area contributed by atoms with Gasteiger partial charge in [0.15, 0.2) is 0 Å². The highest BCUT2D eigenvalue weighted by Gasteiger charge is 2.37. The molecule has 0 unspecified atom stereocenters. The molecular weight excluding hydrogens is 319 g/mol. The Balaban J connectivity index is 1.74. The fourth-order valence-electron chi connectivity index (χ4n) is 3.40. The Labute approximate surface area is 138 Å². The van der Waals surface area contributed by atoms with Crippen LogP contribution < -0.4 is 5.32 Å². The van der Waals surface area contributed by atoms with Gasteiger partial charge < -0.3 is 15.0 Å². The number of likely N-dealkylation sites (tertiary alicyclic amines) is 1. The average molecular weight is 340 g/mol. The van der Waals surface area contributed by atoms with Gasteiger partial charge in [0.25, 0.3) is 5.91 Å². The van der Waals surface area contributed by atoms with Gasteiger partial charge in [-0.1, -0.05) is 0 Å². The van der Waals surface area contributed by atoms with Crippen LogP contribution in [0.25, 0.3) is 0 Å². The molecule has 2 atom stereocenters. The van der Waals surface area contributed by atoms with Gasteiger partial charge in [-0.15, -0.1) is 11.3 Å². The van der Waals surface area contributed by atoms with Gasteiger partial charge in [0, 0.05) is 13.0 Å². The van der Waals surface area contributed by atoms with E-state index in [1.165, 1.54) is 30.4 Å². The van der Waals surface area contributed by atoms with E-state index in [1.807, 2.05) is 0 Å². The highest BCUT2D eigenvalue weighted by molar-refractivity contribution is 7.12. The molecule has 1 aliphatic heterocycles. The Bertz CT molecular complexity index is 604. The van der Waals surface area contributed by atoms with E-state index in [4.69, 9.17) is 0 Å². The summed E-state index contributed by atoms with van der Waals surface area (Å²) in [6.07, 6.45) is 2.87. The molecule has 0 bridgehead atoms. The van der Waals surface area contributed by atoms with Crippen LogP contribution in [0.5, 0.6) is 0 Å². The number of halogens is 1. The van der Waals surface area contributed by atoms with E-state index in [0.717, 1.165) is 29.7 Å². The number of aryl methyl sites for hydroxylation is 1. The molecule has 2 aliphatic rings. The van der Waals surface area contributed by atoms with Crippen molar-refractivity contribution >= 4 is 23.3 Å². The normalized spacial score (nSPS) is 23.5. The number of rotatable bonds is 3. The van der Waals surface area contributed by atoms with Crippen LogP contribution in [0.2, 0.25) is 0 Å². The minimum Gasteiger partial charge on any atom is -0.453 e. The molecule has 1 aromatic heterocycles. The largest absolute Gasteiger partial charge is 0.453 e. The van der Waals surface area contributed by atoms with Gasteiger partial charge in [-0.25, -0.2) is 9.18 Å². The van der Waals surface area contributed by atoms with Crippen molar-refractivity contribution in [1.29, 1.82) is 0 Å². The Morgan fingerprint density at radius 2 is 2.22 bits per heavy atom. The van der Waals surface area contributed by atoms with Gasteiger partial charge in [-0.05, 0) is 42.2 Å². The fourth-order valence-corrected chi connectivity index (χ4v) is 4.52. The molecule has 2 amide bonds. The monoisotopic (exact) mass is 340 g/mol. The lowest BCUT2D eigenvalue weighted by atomic mass is 9.93. The summed E-state index contributed by atoms with van der Waals surface area (Å²) in [5.74, 6) is -0.102. The van der Waals surface area contributed by atoms with Gasteiger partial charge >= 0.3 is 6.09 Å². The second kappa shape index (κ2) is 6.86. The average Bonchev–Trinajstić information content (AvgIpc) is 3.15. The number of nitrogens with one attached hydrogen (secondary N) is 1. The Morgan fingerprint density at radius 3 is 3.00 bits per heavy atom. The number of carbonyl (C=O) groups excluding carboxylic acids is 2. The Kier molecular flexibility index (Phi) is 4.84. The van der Waals surface area contributed by atoms with E-state index in [0.29, 0.717) is 0 Å². The lowest BCUT2D eigenvalue weighted by molar-refractivity contribution is 0.0729. The topological polar surface area (TPSA) is 58.6 Å². The van der Waals surface area contributed by atoms with Crippen molar-refractivity contribution in [2.24, 2.45) is 0 Å². The first-order chi connectivity index (χ1) is 11.1. The SMILES string of the molecule is COC(=O)NC[C@@H]1C[C@H](F)CN1C(=O)c1scc2c1CCCC2. The Morgan fingerprint density at radius 1 is 1.43 bits per heavy atom. The van der Waals surface area contributed by atoms with E-state index in [1.54, 1.807) is 4.90 Å². The van der Waals surface area contributed by atoms with Crippen LogP contribution in [0.1, 0.15) is 40.1 Å². The lowest BCUT2D eigenvalue weighted by Crippen LogP contribution is -2.43. The maximum absolute atomic E-state index is 13.8. The zero-order valence-electron chi connectivity index (χ0n) is 13.1. The van der Waals surface area contributed by atoms with Crippen molar-refractivity contribution in [2.75, 3.05) is 20.2 Å². The van der Waals surface area contributed by atoms with Crippen molar-refractivity contribution in [1.82, 2.24) is 10.2 Å². The highest BCUT2D eigenvalue weighted by atomic mass is 32.1. The van der Waals surface area contributed by atoms with Gasteiger partial charge in [0.2, 0.25) is 0 Å². The van der Waals surface area contributed by atoms with Crippen LogP contribution in [-0.4, -0.2) is 49.3 Å². The number of methoxy groups -OCH3 is 1. The molecule has 0 spiro atoms. The molecule has 0 saturated carbocycles. The number of nitrogens with zero attached hydrogens (tertiary/aromatic N) is 1. The zero-order valence-corrected chi connectivity index (χ0v) is 14.0. The standard InChI is InChI=1S/C16H21FN2O3S/c1-22-16(21)18-7-12-6-11(17)8-19(12)15(20)14-13-5-3-2-4-10(13)9-23-14/h9,11-12H,2-8H2,1H3,(H,18,21)/t11-,12-/m0/s1. The third-order valence-corrected chi connectivity index (χ3v) is 5.65. The van der Waals surface area contributed by atoms with E-state index in [2.05, 4.69) is 15.4 Å². The molecule has 23 heavy (non-hydrogen) atoms. The van der Waals surface area contributed by atoms with E-state index < -0.39 is 12.3 Å². The number of alkyl halides is 1. The second-order valence-electron chi connectivity index (χ2n) is 6.09. The third-order valence-electron chi connectivity index (χ3n) is 4.59. The predicted octanol–water partition coefficient (Wildman–Crippen LogP) is 2.54. The lowest BCUT2D eigenvalue weighted by Gasteiger charge is -2.25. The van der Waals surface area contributed by atoms with Crippen LogP contribution >= 0.6 is 11.3 Å².